The first-order valence-electron chi connectivity index (χ1n) is 12.0. The molecule has 6 rings (SSSR count). The predicted molar refractivity (Wildman–Crippen MR) is 138 cm³/mol. The van der Waals surface area contributed by atoms with Crippen LogP contribution in [0.5, 0.6) is 11.5 Å². The standard InChI is InChI=1S/C27H32BrCl2NO2/c1-16(27-11-17-5-18(12-27)7-19(6-17)13-27)31-14-20-8-23(28)26(25(9-20)32-2)33-15-21-3-4-22(29)10-24(21)30/h3-4,8-10,16-19,31H,5-7,11-15H2,1-2H3/t16-,17?,18?,19?,27?/m1/s1. The normalized spacial score (nSPS) is 28.7. The van der Waals surface area contributed by atoms with E-state index in [-0.39, 0.29) is 0 Å². The molecule has 4 fully saturated rings. The number of methoxy groups -OCH3 is 1. The van der Waals surface area contributed by atoms with Gasteiger partial charge in [0.2, 0.25) is 0 Å². The zero-order valence-electron chi connectivity index (χ0n) is 19.3. The molecule has 6 heteroatoms. The third-order valence-electron chi connectivity index (χ3n) is 8.29. The van der Waals surface area contributed by atoms with Crippen molar-refractivity contribution in [2.75, 3.05) is 7.11 Å². The highest BCUT2D eigenvalue weighted by Gasteiger charge is 2.52. The van der Waals surface area contributed by atoms with Crippen molar-refractivity contribution in [3.05, 3.63) is 56.0 Å². The summed E-state index contributed by atoms with van der Waals surface area (Å²) in [6, 6.07) is 10.2. The monoisotopic (exact) mass is 551 g/mol. The largest absolute Gasteiger partial charge is 0.493 e. The molecule has 0 unspecified atom stereocenters. The summed E-state index contributed by atoms with van der Waals surface area (Å²) in [4.78, 5) is 0. The van der Waals surface area contributed by atoms with Gasteiger partial charge in [0.1, 0.15) is 6.61 Å². The van der Waals surface area contributed by atoms with E-state index in [1.54, 1.807) is 13.2 Å². The minimum atomic E-state index is 0.339. The molecule has 2 aromatic rings. The number of hydrogen-bond acceptors (Lipinski definition) is 3. The van der Waals surface area contributed by atoms with Gasteiger partial charge in [0.25, 0.3) is 0 Å². The van der Waals surface area contributed by atoms with E-state index in [9.17, 15) is 0 Å². The van der Waals surface area contributed by atoms with Crippen LogP contribution in [0.4, 0.5) is 0 Å². The minimum Gasteiger partial charge on any atom is -0.493 e. The average Bonchev–Trinajstić information content (AvgIpc) is 2.76. The molecule has 2 aromatic carbocycles. The molecule has 0 radical (unpaired) electrons. The Kier molecular flexibility index (Phi) is 6.92. The summed E-state index contributed by atoms with van der Waals surface area (Å²) in [5.41, 5.74) is 2.56. The maximum absolute atomic E-state index is 6.30. The van der Waals surface area contributed by atoms with Crippen LogP contribution in [0.1, 0.15) is 56.6 Å². The number of hydrogen-bond donors (Lipinski definition) is 1. The zero-order chi connectivity index (χ0) is 23.2. The van der Waals surface area contributed by atoms with Gasteiger partial charge < -0.3 is 14.8 Å². The van der Waals surface area contributed by atoms with Crippen LogP contribution in [0.3, 0.4) is 0 Å². The van der Waals surface area contributed by atoms with Gasteiger partial charge in [-0.1, -0.05) is 29.3 Å². The second-order valence-corrected chi connectivity index (χ2v) is 12.2. The summed E-state index contributed by atoms with van der Waals surface area (Å²) in [6.07, 6.45) is 8.71. The zero-order valence-corrected chi connectivity index (χ0v) is 22.4. The topological polar surface area (TPSA) is 30.5 Å². The highest BCUT2D eigenvalue weighted by Crippen LogP contribution is 2.61. The molecule has 3 nitrogen and oxygen atoms in total. The van der Waals surface area contributed by atoms with Gasteiger partial charge in [0, 0.05) is 28.2 Å². The minimum absolute atomic E-state index is 0.339. The molecule has 178 valence electrons. The fourth-order valence-corrected chi connectivity index (χ4v) is 8.07. The summed E-state index contributed by atoms with van der Waals surface area (Å²) >= 11 is 16.0. The van der Waals surface area contributed by atoms with Gasteiger partial charge in [-0.05, 0) is 114 Å². The molecule has 1 atom stereocenters. The van der Waals surface area contributed by atoms with Crippen LogP contribution >= 0.6 is 39.1 Å². The van der Waals surface area contributed by atoms with Crippen molar-refractivity contribution in [3.8, 4) is 11.5 Å². The van der Waals surface area contributed by atoms with E-state index in [0.29, 0.717) is 39.6 Å². The van der Waals surface area contributed by atoms with Crippen molar-refractivity contribution in [3.63, 3.8) is 0 Å². The fourth-order valence-electron chi connectivity index (χ4n) is 7.00. The Hall–Kier alpha value is -0.940. The summed E-state index contributed by atoms with van der Waals surface area (Å²) in [6.45, 7) is 3.57. The molecular formula is C27H32BrCl2NO2. The van der Waals surface area contributed by atoms with Crippen LogP contribution in [0, 0.1) is 23.2 Å². The summed E-state index contributed by atoms with van der Waals surface area (Å²) in [5.74, 6) is 4.32. The second kappa shape index (κ2) is 9.60. The molecule has 0 spiro atoms. The predicted octanol–water partition coefficient (Wildman–Crippen LogP) is 8.04. The lowest BCUT2D eigenvalue weighted by Gasteiger charge is -2.59. The molecule has 0 saturated heterocycles. The first kappa shape index (κ1) is 23.8. The van der Waals surface area contributed by atoms with E-state index in [0.717, 1.165) is 34.3 Å². The highest BCUT2D eigenvalue weighted by molar-refractivity contribution is 9.10. The lowest BCUT2D eigenvalue weighted by Crippen LogP contribution is -2.54. The van der Waals surface area contributed by atoms with Crippen molar-refractivity contribution in [2.45, 2.75) is 64.6 Å². The van der Waals surface area contributed by atoms with Gasteiger partial charge in [-0.3, -0.25) is 0 Å². The van der Waals surface area contributed by atoms with Gasteiger partial charge in [-0.15, -0.1) is 0 Å². The number of halogens is 3. The molecule has 1 N–H and O–H groups in total. The Morgan fingerprint density at radius 2 is 1.73 bits per heavy atom. The van der Waals surface area contributed by atoms with E-state index in [2.05, 4.69) is 40.3 Å². The van der Waals surface area contributed by atoms with Crippen molar-refractivity contribution in [2.24, 2.45) is 23.2 Å². The first-order valence-corrected chi connectivity index (χ1v) is 13.6. The summed E-state index contributed by atoms with van der Waals surface area (Å²) in [5, 5.41) is 5.08. The molecule has 0 aromatic heterocycles. The van der Waals surface area contributed by atoms with Crippen LogP contribution in [0.15, 0.2) is 34.8 Å². The average molecular weight is 553 g/mol. The molecule has 4 aliphatic carbocycles. The molecule has 4 saturated carbocycles. The lowest BCUT2D eigenvalue weighted by molar-refractivity contribution is -0.0706. The van der Waals surface area contributed by atoms with Gasteiger partial charge in [0.15, 0.2) is 11.5 Å². The quantitative estimate of drug-likeness (QED) is 0.359. The van der Waals surface area contributed by atoms with Gasteiger partial charge in [0.05, 0.1) is 11.6 Å². The summed E-state index contributed by atoms with van der Waals surface area (Å²) in [7, 11) is 1.68. The molecule has 4 aliphatic rings. The Labute approximate surface area is 215 Å². The van der Waals surface area contributed by atoms with Crippen molar-refractivity contribution in [1.82, 2.24) is 5.32 Å². The van der Waals surface area contributed by atoms with E-state index in [4.69, 9.17) is 32.7 Å². The number of nitrogens with one attached hydrogen (secondary N) is 1. The van der Waals surface area contributed by atoms with E-state index in [1.165, 1.54) is 44.1 Å². The van der Waals surface area contributed by atoms with Crippen LogP contribution in [-0.2, 0) is 13.2 Å². The number of ether oxygens (including phenoxy) is 2. The van der Waals surface area contributed by atoms with E-state index < -0.39 is 0 Å². The van der Waals surface area contributed by atoms with E-state index in [1.807, 2.05) is 12.1 Å². The summed E-state index contributed by atoms with van der Waals surface area (Å²) < 4.78 is 12.6. The van der Waals surface area contributed by atoms with Crippen LogP contribution in [0.25, 0.3) is 0 Å². The van der Waals surface area contributed by atoms with Crippen molar-refractivity contribution >= 4 is 39.1 Å². The lowest BCUT2D eigenvalue weighted by atomic mass is 9.48. The number of benzene rings is 2. The maximum Gasteiger partial charge on any atom is 0.175 e. The molecule has 0 aliphatic heterocycles. The van der Waals surface area contributed by atoms with E-state index >= 15 is 0 Å². The third kappa shape index (κ3) is 4.91. The second-order valence-electron chi connectivity index (χ2n) is 10.5. The van der Waals surface area contributed by atoms with Gasteiger partial charge in [-0.25, -0.2) is 0 Å². The molecule has 33 heavy (non-hydrogen) atoms. The Balaban J connectivity index is 1.25. The van der Waals surface area contributed by atoms with Crippen molar-refractivity contribution < 1.29 is 9.47 Å². The Morgan fingerprint density at radius 1 is 1.06 bits per heavy atom. The van der Waals surface area contributed by atoms with Gasteiger partial charge >= 0.3 is 0 Å². The first-order chi connectivity index (χ1) is 15.8. The molecule has 0 amide bonds. The Bertz CT molecular complexity index is 992. The molecule has 4 bridgehead atoms. The fraction of sp³-hybridized carbons (Fsp3) is 0.556. The Morgan fingerprint density at radius 3 is 2.33 bits per heavy atom. The van der Waals surface area contributed by atoms with Crippen LogP contribution < -0.4 is 14.8 Å². The third-order valence-corrected chi connectivity index (χ3v) is 9.47. The van der Waals surface area contributed by atoms with Crippen LogP contribution in [0.2, 0.25) is 10.0 Å². The molecular weight excluding hydrogens is 521 g/mol. The maximum atomic E-state index is 6.30. The molecule has 0 heterocycles. The smallest absolute Gasteiger partial charge is 0.175 e. The number of rotatable bonds is 8. The van der Waals surface area contributed by atoms with Crippen LogP contribution in [-0.4, -0.2) is 13.2 Å². The highest BCUT2D eigenvalue weighted by atomic mass is 79.9. The van der Waals surface area contributed by atoms with Gasteiger partial charge in [-0.2, -0.15) is 0 Å². The SMILES string of the molecule is COc1cc(CN[C@H](C)C23CC4CC(CC(C4)C2)C3)cc(Br)c1OCc1ccc(Cl)cc1Cl. The van der Waals surface area contributed by atoms with Crippen molar-refractivity contribution in [1.29, 1.82) is 0 Å².